The van der Waals surface area contributed by atoms with E-state index in [-0.39, 0.29) is 11.7 Å². The molecular formula is C18H17NO2. The van der Waals surface area contributed by atoms with Crippen molar-refractivity contribution >= 4 is 11.7 Å². The van der Waals surface area contributed by atoms with E-state index >= 15 is 0 Å². The van der Waals surface area contributed by atoms with Gasteiger partial charge in [0, 0.05) is 23.2 Å². The van der Waals surface area contributed by atoms with E-state index in [4.69, 9.17) is 0 Å². The van der Waals surface area contributed by atoms with Crippen LogP contribution in [-0.2, 0) is 6.42 Å². The second kappa shape index (κ2) is 5.17. The van der Waals surface area contributed by atoms with Gasteiger partial charge >= 0.3 is 0 Å². The number of carbonyl (C=O) groups excluding carboxylic acids is 2. The zero-order valence-corrected chi connectivity index (χ0v) is 12.2. The molecule has 0 saturated heterocycles. The lowest BCUT2D eigenvalue weighted by atomic mass is 9.93. The molecule has 0 unspecified atom stereocenters. The van der Waals surface area contributed by atoms with Crippen LogP contribution in [0.1, 0.15) is 43.0 Å². The summed E-state index contributed by atoms with van der Waals surface area (Å²) in [6, 6.07) is 11.2. The number of rotatable bonds is 2. The Morgan fingerprint density at radius 2 is 1.90 bits per heavy atom. The van der Waals surface area contributed by atoms with Gasteiger partial charge in [0.25, 0.3) is 5.91 Å². The molecule has 0 fully saturated rings. The number of benzene rings is 2. The van der Waals surface area contributed by atoms with Crippen LogP contribution in [0.3, 0.4) is 0 Å². The minimum absolute atomic E-state index is 0.0336. The Hall–Kier alpha value is -2.42. The van der Waals surface area contributed by atoms with E-state index < -0.39 is 0 Å². The fourth-order valence-corrected chi connectivity index (χ4v) is 2.78. The molecular weight excluding hydrogens is 262 g/mol. The predicted molar refractivity (Wildman–Crippen MR) is 81.8 cm³/mol. The maximum atomic E-state index is 12.6. The number of hydrogen-bond acceptors (Lipinski definition) is 2. The number of hydrogen-bond donors (Lipinski definition) is 1. The first-order valence-electron chi connectivity index (χ1n) is 7.09. The van der Waals surface area contributed by atoms with Gasteiger partial charge in [-0.3, -0.25) is 9.59 Å². The summed E-state index contributed by atoms with van der Waals surface area (Å²) in [4.78, 5) is 24.5. The summed E-state index contributed by atoms with van der Waals surface area (Å²) < 4.78 is 0. The quantitative estimate of drug-likeness (QED) is 0.859. The average Bonchev–Trinajstić information content (AvgIpc) is 2.47. The van der Waals surface area contributed by atoms with Crippen LogP contribution in [0.4, 0.5) is 0 Å². The third kappa shape index (κ3) is 2.47. The van der Waals surface area contributed by atoms with E-state index in [1.54, 1.807) is 6.07 Å². The normalized spacial score (nSPS) is 13.5. The third-order valence-electron chi connectivity index (χ3n) is 3.92. The summed E-state index contributed by atoms with van der Waals surface area (Å²) in [5, 5.41) is 2.81. The summed E-state index contributed by atoms with van der Waals surface area (Å²) >= 11 is 0. The Morgan fingerprint density at radius 1 is 1.10 bits per heavy atom. The lowest BCUT2D eigenvalue weighted by Gasteiger charge is -2.17. The molecule has 1 amide bonds. The number of ketones is 1. The molecule has 1 aliphatic rings. The molecule has 3 nitrogen and oxygen atoms in total. The van der Waals surface area contributed by atoms with Gasteiger partial charge in [-0.15, -0.1) is 0 Å². The van der Waals surface area contributed by atoms with Gasteiger partial charge in [0.05, 0.1) is 0 Å². The van der Waals surface area contributed by atoms with Crippen molar-refractivity contribution in [2.24, 2.45) is 0 Å². The highest BCUT2D eigenvalue weighted by Gasteiger charge is 2.19. The van der Waals surface area contributed by atoms with Gasteiger partial charge < -0.3 is 5.32 Å². The van der Waals surface area contributed by atoms with Gasteiger partial charge in [-0.2, -0.15) is 0 Å². The number of amides is 1. The van der Waals surface area contributed by atoms with Crippen molar-refractivity contribution in [2.45, 2.75) is 20.3 Å². The van der Waals surface area contributed by atoms with Crippen LogP contribution in [-0.4, -0.2) is 18.2 Å². The molecule has 3 heteroatoms. The largest absolute Gasteiger partial charge is 0.352 e. The van der Waals surface area contributed by atoms with Crippen LogP contribution in [0.15, 0.2) is 36.4 Å². The molecule has 0 aliphatic carbocycles. The summed E-state index contributed by atoms with van der Waals surface area (Å²) in [5.74, 6) is -0.125. The molecule has 1 heterocycles. The van der Waals surface area contributed by atoms with Crippen molar-refractivity contribution in [3.63, 3.8) is 0 Å². The molecule has 1 N–H and O–H groups in total. The number of fused-ring (bicyclic) bond motifs is 1. The highest BCUT2D eigenvalue weighted by molar-refractivity contribution is 6.11. The average molecular weight is 279 g/mol. The van der Waals surface area contributed by atoms with Crippen LogP contribution >= 0.6 is 0 Å². The molecule has 0 spiro atoms. The zero-order chi connectivity index (χ0) is 15.0. The Bertz CT molecular complexity index is 747. The minimum Gasteiger partial charge on any atom is -0.352 e. The first kappa shape index (κ1) is 13.6. The molecule has 0 bridgehead atoms. The van der Waals surface area contributed by atoms with Crippen LogP contribution in [0.2, 0.25) is 0 Å². The Kier molecular flexibility index (Phi) is 3.34. The maximum Gasteiger partial charge on any atom is 0.251 e. The van der Waals surface area contributed by atoms with Gasteiger partial charge in [0.1, 0.15) is 0 Å². The van der Waals surface area contributed by atoms with Crippen molar-refractivity contribution in [3.8, 4) is 0 Å². The second-order valence-corrected chi connectivity index (χ2v) is 5.53. The van der Waals surface area contributed by atoms with E-state index in [0.717, 1.165) is 23.1 Å². The lowest BCUT2D eigenvalue weighted by Crippen LogP contribution is -2.32. The van der Waals surface area contributed by atoms with Gasteiger partial charge in [0.2, 0.25) is 0 Å². The monoisotopic (exact) mass is 279 g/mol. The Morgan fingerprint density at radius 3 is 2.67 bits per heavy atom. The van der Waals surface area contributed by atoms with Crippen LogP contribution in [0.5, 0.6) is 0 Å². The van der Waals surface area contributed by atoms with Gasteiger partial charge in [-0.1, -0.05) is 35.9 Å². The molecule has 0 radical (unpaired) electrons. The molecule has 21 heavy (non-hydrogen) atoms. The standard InChI is InChI=1S/C18H17NO2/c1-11-3-6-15(12(2)9-11)17(20)14-5-4-13-7-8-19-18(21)16(13)10-14/h3-6,9-10H,7-8H2,1-2H3,(H,19,21). The number of carbonyl (C=O) groups is 2. The van der Waals surface area contributed by atoms with Crippen molar-refractivity contribution in [3.05, 3.63) is 69.8 Å². The van der Waals surface area contributed by atoms with E-state index in [9.17, 15) is 9.59 Å². The summed E-state index contributed by atoms with van der Waals surface area (Å²) in [5.41, 5.74) is 4.98. The first-order chi connectivity index (χ1) is 10.1. The van der Waals surface area contributed by atoms with Crippen molar-refractivity contribution in [2.75, 3.05) is 6.54 Å². The molecule has 3 rings (SSSR count). The molecule has 0 saturated carbocycles. The molecule has 0 aromatic heterocycles. The van der Waals surface area contributed by atoms with E-state index in [1.807, 2.05) is 44.2 Å². The summed E-state index contributed by atoms with van der Waals surface area (Å²) in [7, 11) is 0. The molecule has 106 valence electrons. The Labute approximate surface area is 124 Å². The fourth-order valence-electron chi connectivity index (χ4n) is 2.78. The zero-order valence-electron chi connectivity index (χ0n) is 12.2. The maximum absolute atomic E-state index is 12.6. The van der Waals surface area contributed by atoms with Crippen LogP contribution < -0.4 is 5.32 Å². The van der Waals surface area contributed by atoms with Crippen molar-refractivity contribution < 1.29 is 9.59 Å². The first-order valence-corrected chi connectivity index (χ1v) is 7.09. The molecule has 0 atom stereocenters. The smallest absolute Gasteiger partial charge is 0.251 e. The van der Waals surface area contributed by atoms with Crippen LogP contribution in [0, 0.1) is 13.8 Å². The van der Waals surface area contributed by atoms with E-state index in [2.05, 4.69) is 5.32 Å². The predicted octanol–water partition coefficient (Wildman–Crippen LogP) is 2.82. The molecule has 1 aliphatic heterocycles. The van der Waals surface area contributed by atoms with Crippen LogP contribution in [0.25, 0.3) is 0 Å². The second-order valence-electron chi connectivity index (χ2n) is 5.53. The van der Waals surface area contributed by atoms with E-state index in [1.165, 1.54) is 0 Å². The topological polar surface area (TPSA) is 46.2 Å². The highest BCUT2D eigenvalue weighted by atomic mass is 16.1. The fraction of sp³-hybridized carbons (Fsp3) is 0.222. The summed E-state index contributed by atoms with van der Waals surface area (Å²) in [6.45, 7) is 4.60. The van der Waals surface area contributed by atoms with Gasteiger partial charge in [0.15, 0.2) is 5.78 Å². The highest BCUT2D eigenvalue weighted by Crippen LogP contribution is 2.20. The SMILES string of the molecule is Cc1ccc(C(=O)c2ccc3c(c2)C(=O)NCC3)c(C)c1. The summed E-state index contributed by atoms with van der Waals surface area (Å²) in [6.07, 6.45) is 0.819. The minimum atomic E-state index is -0.0912. The number of nitrogens with one attached hydrogen (secondary N) is 1. The van der Waals surface area contributed by atoms with Crippen molar-refractivity contribution in [1.82, 2.24) is 5.32 Å². The lowest BCUT2D eigenvalue weighted by molar-refractivity contribution is 0.0946. The number of aryl methyl sites for hydroxylation is 2. The Balaban J connectivity index is 2.02. The molecule has 2 aromatic rings. The third-order valence-corrected chi connectivity index (χ3v) is 3.92. The van der Waals surface area contributed by atoms with Crippen molar-refractivity contribution in [1.29, 1.82) is 0 Å². The van der Waals surface area contributed by atoms with Gasteiger partial charge in [-0.25, -0.2) is 0 Å². The molecule has 2 aromatic carbocycles. The van der Waals surface area contributed by atoms with Gasteiger partial charge in [-0.05, 0) is 37.5 Å². The van der Waals surface area contributed by atoms with E-state index in [0.29, 0.717) is 23.2 Å².